The molecule has 0 unspecified atom stereocenters. The molecule has 0 heterocycles. The Morgan fingerprint density at radius 3 is 2.00 bits per heavy atom. The zero-order valence-corrected chi connectivity index (χ0v) is 6.68. The molecule has 5 heteroatoms. The Hall–Kier alpha value is -0.420. The van der Waals surface area contributed by atoms with Crippen LogP contribution in [0.15, 0.2) is 0 Å². The maximum atomic E-state index is 10.6. The first-order valence-electron chi connectivity index (χ1n) is 2.69. The van der Waals surface area contributed by atoms with E-state index in [0.29, 0.717) is 0 Å². The molecule has 0 radical (unpaired) electrons. The first kappa shape index (κ1) is 9.58. The number of hydrogen-bond donors (Lipinski definition) is 1. The number of aliphatic hydroxyl groups is 1. The van der Waals surface area contributed by atoms with E-state index < -0.39 is 27.5 Å². The predicted octanol–water partition coefficient (Wildman–Crippen LogP) is -1.02. The lowest BCUT2D eigenvalue weighted by Crippen LogP contribution is -2.30. The Labute approximate surface area is 59.8 Å². The molecule has 0 saturated heterocycles. The Bertz CT molecular complexity index is 216. The van der Waals surface area contributed by atoms with Crippen LogP contribution >= 0.6 is 0 Å². The lowest BCUT2D eigenvalue weighted by Gasteiger charge is -2.05. The van der Waals surface area contributed by atoms with Gasteiger partial charge in [0.2, 0.25) is 0 Å². The second-order valence-corrected chi connectivity index (χ2v) is 4.34. The highest BCUT2D eigenvalue weighted by atomic mass is 32.2. The highest BCUT2D eigenvalue weighted by Gasteiger charge is 2.23. The van der Waals surface area contributed by atoms with Gasteiger partial charge in [-0.3, -0.25) is 4.79 Å². The predicted molar refractivity (Wildman–Crippen MR) is 36.4 cm³/mol. The summed E-state index contributed by atoms with van der Waals surface area (Å²) in [5, 5.41) is 7.19. The maximum Gasteiger partial charge on any atom is 0.159 e. The molecule has 0 aromatic heterocycles. The summed E-state index contributed by atoms with van der Waals surface area (Å²) in [7, 11) is -3.41. The second-order valence-electron chi connectivity index (χ2n) is 2.11. The number of sulfone groups is 1. The molecule has 0 aliphatic carbocycles. The summed E-state index contributed by atoms with van der Waals surface area (Å²) in [6.07, 6.45) is 0.926. The number of rotatable bonds is 3. The third-order valence-corrected chi connectivity index (χ3v) is 2.65. The fraction of sp³-hybridized carbons (Fsp3) is 0.800. The molecule has 10 heavy (non-hydrogen) atoms. The Kier molecular flexibility index (Phi) is 2.98. The average Bonchev–Trinajstić information content (AvgIpc) is 1.60. The lowest BCUT2D eigenvalue weighted by atomic mass is 10.3. The average molecular weight is 166 g/mol. The van der Waals surface area contributed by atoms with Crippen LogP contribution in [0.5, 0.6) is 0 Å². The van der Waals surface area contributed by atoms with Crippen molar-refractivity contribution < 1.29 is 18.3 Å². The number of aliphatic hydroxyl groups excluding tert-OH is 1. The summed E-state index contributed by atoms with van der Waals surface area (Å²) < 4.78 is 21.2. The van der Waals surface area contributed by atoms with Crippen LogP contribution in [-0.2, 0) is 14.6 Å². The molecule has 4 nitrogen and oxygen atoms in total. The first-order chi connectivity index (χ1) is 4.39. The highest BCUT2D eigenvalue weighted by Crippen LogP contribution is 1.98. The van der Waals surface area contributed by atoms with Gasteiger partial charge in [-0.2, -0.15) is 0 Å². The van der Waals surface area contributed by atoms with Crippen LogP contribution in [0.2, 0.25) is 0 Å². The standard InChI is InChI=1S/C5H10O4S/c1-4(7)5(3-6)10(2,8)9/h5-6H,3H2,1-2H3/t5-/m1/s1. The maximum absolute atomic E-state index is 10.6. The summed E-state index contributed by atoms with van der Waals surface area (Å²) >= 11 is 0. The molecule has 0 aliphatic heterocycles. The van der Waals surface area contributed by atoms with Gasteiger partial charge in [-0.1, -0.05) is 0 Å². The largest absolute Gasteiger partial charge is 0.395 e. The normalized spacial score (nSPS) is 14.7. The van der Waals surface area contributed by atoms with E-state index in [1.807, 2.05) is 0 Å². The van der Waals surface area contributed by atoms with E-state index in [1.165, 1.54) is 0 Å². The van der Waals surface area contributed by atoms with E-state index in [4.69, 9.17) is 5.11 Å². The van der Waals surface area contributed by atoms with Crippen molar-refractivity contribution in [2.24, 2.45) is 0 Å². The van der Waals surface area contributed by atoms with Crippen molar-refractivity contribution in [3.63, 3.8) is 0 Å². The van der Waals surface area contributed by atoms with Gasteiger partial charge in [0.15, 0.2) is 9.84 Å². The topological polar surface area (TPSA) is 71.4 Å². The fourth-order valence-electron chi connectivity index (χ4n) is 0.565. The Morgan fingerprint density at radius 2 is 2.00 bits per heavy atom. The van der Waals surface area contributed by atoms with Gasteiger partial charge in [-0.25, -0.2) is 8.42 Å². The van der Waals surface area contributed by atoms with Crippen molar-refractivity contribution in [3.05, 3.63) is 0 Å². The first-order valence-corrected chi connectivity index (χ1v) is 4.65. The lowest BCUT2D eigenvalue weighted by molar-refractivity contribution is -0.117. The highest BCUT2D eigenvalue weighted by molar-refractivity contribution is 7.92. The van der Waals surface area contributed by atoms with E-state index in [2.05, 4.69) is 0 Å². The molecule has 1 N–H and O–H groups in total. The third kappa shape index (κ3) is 2.45. The number of hydrogen-bond acceptors (Lipinski definition) is 4. The minimum absolute atomic E-state index is 0.523. The van der Waals surface area contributed by atoms with Gasteiger partial charge in [0.25, 0.3) is 0 Å². The minimum Gasteiger partial charge on any atom is -0.395 e. The van der Waals surface area contributed by atoms with E-state index in [-0.39, 0.29) is 0 Å². The molecule has 60 valence electrons. The van der Waals surface area contributed by atoms with Gasteiger partial charge < -0.3 is 5.11 Å². The molecule has 0 bridgehead atoms. The smallest absolute Gasteiger partial charge is 0.159 e. The molecule has 0 spiro atoms. The number of ketones is 1. The van der Waals surface area contributed by atoms with Crippen LogP contribution in [0.25, 0.3) is 0 Å². The van der Waals surface area contributed by atoms with Crippen molar-refractivity contribution in [1.29, 1.82) is 0 Å². The van der Waals surface area contributed by atoms with Gasteiger partial charge in [0.1, 0.15) is 11.0 Å². The molecule has 0 aliphatic rings. The molecule has 0 aromatic carbocycles. The molecular formula is C5H10O4S. The van der Waals surface area contributed by atoms with E-state index >= 15 is 0 Å². The van der Waals surface area contributed by atoms with E-state index in [1.54, 1.807) is 0 Å². The molecule has 0 saturated carbocycles. The zero-order valence-electron chi connectivity index (χ0n) is 5.86. The van der Waals surface area contributed by atoms with Gasteiger partial charge in [-0.05, 0) is 6.92 Å². The van der Waals surface area contributed by atoms with Crippen LogP contribution in [-0.4, -0.2) is 37.4 Å². The summed E-state index contributed by atoms with van der Waals surface area (Å²) in [5.74, 6) is -0.523. The summed E-state index contributed by atoms with van der Waals surface area (Å²) in [6, 6.07) is 0. The molecular weight excluding hydrogens is 156 g/mol. The number of Topliss-reactive ketones (excluding diaryl/α,β-unsaturated/α-hetero) is 1. The van der Waals surface area contributed by atoms with Crippen LogP contribution < -0.4 is 0 Å². The van der Waals surface area contributed by atoms with Crippen LogP contribution in [0, 0.1) is 0 Å². The van der Waals surface area contributed by atoms with Gasteiger partial charge in [-0.15, -0.1) is 0 Å². The fourth-order valence-corrected chi connectivity index (χ4v) is 1.44. The number of carbonyl (C=O) groups excluding carboxylic acids is 1. The summed E-state index contributed by atoms with van der Waals surface area (Å²) in [6.45, 7) is 0.510. The van der Waals surface area contributed by atoms with Crippen molar-refractivity contribution in [2.45, 2.75) is 12.2 Å². The van der Waals surface area contributed by atoms with E-state index in [9.17, 15) is 13.2 Å². The van der Waals surface area contributed by atoms with Crippen molar-refractivity contribution in [2.75, 3.05) is 12.9 Å². The van der Waals surface area contributed by atoms with Crippen molar-refractivity contribution in [1.82, 2.24) is 0 Å². The molecule has 0 rings (SSSR count). The van der Waals surface area contributed by atoms with E-state index in [0.717, 1.165) is 13.2 Å². The van der Waals surface area contributed by atoms with Crippen LogP contribution in [0.1, 0.15) is 6.92 Å². The zero-order chi connectivity index (χ0) is 8.36. The van der Waals surface area contributed by atoms with Gasteiger partial charge in [0.05, 0.1) is 6.61 Å². The van der Waals surface area contributed by atoms with Gasteiger partial charge >= 0.3 is 0 Å². The van der Waals surface area contributed by atoms with Crippen molar-refractivity contribution in [3.8, 4) is 0 Å². The SMILES string of the molecule is CC(=O)[C@@H](CO)S(C)(=O)=O. The molecule has 0 fully saturated rings. The summed E-state index contributed by atoms with van der Waals surface area (Å²) in [5.41, 5.74) is 0. The quantitative estimate of drug-likeness (QED) is 0.582. The molecule has 0 amide bonds. The summed E-state index contributed by atoms with van der Waals surface area (Å²) in [4.78, 5) is 10.5. The monoisotopic (exact) mass is 166 g/mol. The van der Waals surface area contributed by atoms with Gasteiger partial charge in [0, 0.05) is 6.26 Å². The van der Waals surface area contributed by atoms with Crippen molar-refractivity contribution >= 4 is 15.6 Å². The Balaban J connectivity index is 4.55. The second kappa shape index (κ2) is 3.12. The molecule has 1 atom stereocenters. The van der Waals surface area contributed by atoms with Crippen LogP contribution in [0.4, 0.5) is 0 Å². The minimum atomic E-state index is -3.41. The third-order valence-electron chi connectivity index (χ3n) is 1.14. The molecule has 0 aromatic rings. The Morgan fingerprint density at radius 1 is 1.60 bits per heavy atom. The van der Waals surface area contributed by atoms with Crippen LogP contribution in [0.3, 0.4) is 0 Å². The number of carbonyl (C=O) groups is 1.